The number of aliphatic hydroxyl groups excluding tert-OH is 2. The van der Waals surface area contributed by atoms with E-state index in [1.807, 2.05) is 12.1 Å². The van der Waals surface area contributed by atoms with Crippen molar-refractivity contribution in [3.05, 3.63) is 54.7 Å². The molecule has 4 fully saturated rings. The minimum absolute atomic E-state index is 0.0244. The van der Waals surface area contributed by atoms with Gasteiger partial charge in [-0.3, -0.25) is 19.2 Å². The van der Waals surface area contributed by atoms with Crippen molar-refractivity contribution < 1.29 is 33.8 Å². The summed E-state index contributed by atoms with van der Waals surface area (Å²) in [5.41, 5.74) is 2.72. The average molecular weight is 670 g/mol. The van der Waals surface area contributed by atoms with Gasteiger partial charge in [0.15, 0.2) is 5.76 Å². The molecule has 4 atom stereocenters. The van der Waals surface area contributed by atoms with Crippen molar-refractivity contribution in [3.8, 4) is 22.8 Å². The minimum atomic E-state index is -0.602. The van der Waals surface area contributed by atoms with Crippen molar-refractivity contribution >= 4 is 35.0 Å². The van der Waals surface area contributed by atoms with E-state index < -0.39 is 12.2 Å². The van der Waals surface area contributed by atoms with Crippen LogP contribution >= 0.6 is 0 Å². The molecule has 2 aromatic carbocycles. The quantitative estimate of drug-likeness (QED) is 0.223. The molecule has 2 aliphatic heterocycles. The maximum absolute atomic E-state index is 12.8. The number of amides is 4. The lowest BCUT2D eigenvalue weighted by molar-refractivity contribution is -0.134. The number of aliphatic hydroxyl groups is 2. The molecule has 2 aliphatic carbocycles. The van der Waals surface area contributed by atoms with Gasteiger partial charge in [0.1, 0.15) is 0 Å². The second kappa shape index (κ2) is 14.1. The summed E-state index contributed by atoms with van der Waals surface area (Å²) in [6.45, 7) is 0.571. The van der Waals surface area contributed by atoms with Crippen molar-refractivity contribution in [1.82, 2.24) is 14.8 Å². The van der Waals surface area contributed by atoms with Crippen molar-refractivity contribution in [2.45, 2.75) is 88.5 Å². The van der Waals surface area contributed by atoms with Gasteiger partial charge in [-0.1, -0.05) is 0 Å². The number of hydrogen-bond acceptors (Lipinski definition) is 8. The molecule has 12 nitrogen and oxygen atoms in total. The molecule has 0 unspecified atom stereocenters. The number of rotatable bonds is 12. The van der Waals surface area contributed by atoms with Crippen LogP contribution in [0.5, 0.6) is 0 Å². The van der Waals surface area contributed by atoms with Crippen LogP contribution in [0.4, 0.5) is 11.4 Å². The second-order valence-corrected chi connectivity index (χ2v) is 14.2. The fraction of sp³-hybridized carbons (Fsp3) is 0.486. The van der Waals surface area contributed by atoms with Crippen molar-refractivity contribution in [2.75, 3.05) is 23.7 Å². The Balaban J connectivity index is 0.900. The molecule has 2 saturated heterocycles. The van der Waals surface area contributed by atoms with Crippen molar-refractivity contribution in [2.24, 2.45) is 11.8 Å². The summed E-state index contributed by atoms with van der Waals surface area (Å²) in [5.74, 6) is 1.48. The number of benzene rings is 2. The molecule has 0 radical (unpaired) electrons. The first-order chi connectivity index (χ1) is 23.7. The monoisotopic (exact) mass is 669 g/mol. The summed E-state index contributed by atoms with van der Waals surface area (Å²) < 4.78 is 6.02. The zero-order valence-corrected chi connectivity index (χ0v) is 27.4. The maximum Gasteiger partial charge on any atom is 0.226 e. The summed E-state index contributed by atoms with van der Waals surface area (Å²) in [4.78, 5) is 58.7. The third kappa shape index (κ3) is 8.37. The number of aromatic nitrogens is 1. The number of hydrogen-bond donors (Lipinski definition) is 4. The number of nitrogens with one attached hydrogen (secondary N) is 2. The lowest BCUT2D eigenvalue weighted by Crippen LogP contribution is -2.38. The van der Waals surface area contributed by atoms with E-state index in [1.54, 1.807) is 52.4 Å². The van der Waals surface area contributed by atoms with Gasteiger partial charge in [0.25, 0.3) is 0 Å². The molecule has 12 heteroatoms. The number of carbonyl (C=O) groups excluding carboxylic acids is 4. The Morgan fingerprint density at radius 2 is 1.12 bits per heavy atom. The number of anilines is 2. The highest BCUT2D eigenvalue weighted by Crippen LogP contribution is 2.36. The predicted molar refractivity (Wildman–Crippen MR) is 181 cm³/mol. The van der Waals surface area contributed by atoms with Gasteiger partial charge in [0.05, 0.1) is 18.4 Å². The number of nitrogens with zero attached hydrogens (tertiary/aromatic N) is 3. The predicted octanol–water partition coefficient (Wildman–Crippen LogP) is 4.19. The highest BCUT2D eigenvalue weighted by atomic mass is 16.4. The molecular formula is C37H43N5O7. The molecule has 258 valence electrons. The topological polar surface area (TPSA) is 165 Å². The van der Waals surface area contributed by atoms with Crippen molar-refractivity contribution in [1.29, 1.82) is 0 Å². The van der Waals surface area contributed by atoms with E-state index >= 15 is 0 Å². The van der Waals surface area contributed by atoms with E-state index in [9.17, 15) is 29.4 Å². The van der Waals surface area contributed by atoms with Crippen LogP contribution in [0.1, 0.15) is 64.2 Å². The zero-order valence-electron chi connectivity index (χ0n) is 27.4. The van der Waals surface area contributed by atoms with Crippen molar-refractivity contribution in [3.63, 3.8) is 0 Å². The van der Waals surface area contributed by atoms with Gasteiger partial charge in [0.2, 0.25) is 29.5 Å². The fourth-order valence-corrected chi connectivity index (χ4v) is 6.96. The lowest BCUT2D eigenvalue weighted by Gasteiger charge is -2.24. The Bertz CT molecular complexity index is 1560. The molecule has 1 aromatic heterocycles. The third-order valence-corrected chi connectivity index (χ3v) is 9.96. The third-order valence-electron chi connectivity index (χ3n) is 9.96. The van der Waals surface area contributed by atoms with Gasteiger partial charge in [-0.2, -0.15) is 0 Å². The van der Waals surface area contributed by atoms with Crippen LogP contribution in [0.2, 0.25) is 0 Å². The standard InChI is InChI=1S/C37H43N5O7/c43-30-15-28(41(20-30)35(47)13-22-1-2-22)17-33(45)39-26-9-5-24(6-10-26)32-19-38-37(49-32)25-7-11-27(12-8-25)40-34(46)18-29-16-31(44)21-42(29)36(48)14-23-3-4-23/h5-12,19,22-23,28-31,43-44H,1-4,13-18,20-21H2,(H,39,45)(H,40,46)/t28-,29-,30+,31+/m0/s1. The highest BCUT2D eigenvalue weighted by Gasteiger charge is 2.39. The van der Waals surface area contributed by atoms with E-state index in [1.165, 1.54) is 0 Å². The molecule has 49 heavy (non-hydrogen) atoms. The van der Waals surface area contributed by atoms with E-state index in [0.717, 1.165) is 36.8 Å². The van der Waals surface area contributed by atoms with Crippen LogP contribution in [-0.2, 0) is 19.2 Å². The summed E-state index contributed by atoms with van der Waals surface area (Å²) in [6, 6.07) is 13.7. The Kier molecular flexibility index (Phi) is 9.50. The second-order valence-electron chi connectivity index (χ2n) is 14.2. The largest absolute Gasteiger partial charge is 0.436 e. The fourth-order valence-electron chi connectivity index (χ4n) is 6.96. The molecule has 3 heterocycles. The molecular weight excluding hydrogens is 626 g/mol. The average Bonchev–Trinajstić information content (AvgIpc) is 3.94. The first kappa shape index (κ1) is 33.0. The van der Waals surface area contributed by atoms with Gasteiger partial charge < -0.3 is 35.1 Å². The molecule has 4 amide bonds. The highest BCUT2D eigenvalue weighted by molar-refractivity contribution is 5.92. The van der Waals surface area contributed by atoms with Gasteiger partial charge >= 0.3 is 0 Å². The van der Waals surface area contributed by atoms with Gasteiger partial charge in [-0.05, 0) is 98.9 Å². The Labute approximate surface area is 284 Å². The van der Waals surface area contributed by atoms with Gasteiger partial charge in [0, 0.05) is 73.4 Å². The summed E-state index contributed by atoms with van der Waals surface area (Å²) >= 11 is 0. The summed E-state index contributed by atoms with van der Waals surface area (Å²) in [6.07, 6.45) is 6.79. The Morgan fingerprint density at radius 1 is 0.673 bits per heavy atom. The summed E-state index contributed by atoms with van der Waals surface area (Å²) in [5, 5.41) is 26.1. The Morgan fingerprint density at radius 3 is 1.57 bits per heavy atom. The van der Waals surface area contributed by atoms with E-state index in [0.29, 0.717) is 60.5 Å². The molecule has 0 bridgehead atoms. The number of β-amino-alcohol motifs (C(OH)–C–C–N with tert-alkyl or cyclic N) is 2. The van der Waals surface area contributed by atoms with Crippen LogP contribution in [0, 0.1) is 11.8 Å². The summed E-state index contributed by atoms with van der Waals surface area (Å²) in [7, 11) is 0. The molecule has 3 aromatic rings. The zero-order chi connectivity index (χ0) is 34.1. The number of likely N-dealkylation sites (tertiary alicyclic amines) is 2. The van der Waals surface area contributed by atoms with Crippen LogP contribution in [-0.4, -0.2) is 86.0 Å². The first-order valence-electron chi connectivity index (χ1n) is 17.4. The van der Waals surface area contributed by atoms with E-state index in [-0.39, 0.29) is 61.6 Å². The minimum Gasteiger partial charge on any atom is -0.436 e. The molecule has 2 saturated carbocycles. The molecule has 0 spiro atoms. The molecule has 7 rings (SSSR count). The SMILES string of the molecule is O=C(C[C@@H]1C[C@@H](O)CN1C(=O)CC1CC1)Nc1ccc(-c2cnc(-c3ccc(NC(=O)C[C@@H]4C[C@@H](O)CN4C(=O)CC4CC4)cc3)o2)cc1. The molecule has 4 N–H and O–H groups in total. The lowest BCUT2D eigenvalue weighted by atomic mass is 10.1. The van der Waals surface area contributed by atoms with Gasteiger partial charge in [-0.25, -0.2) is 4.98 Å². The number of carbonyl (C=O) groups is 4. The smallest absolute Gasteiger partial charge is 0.226 e. The van der Waals surface area contributed by atoms with Crippen LogP contribution in [0.15, 0.2) is 59.1 Å². The van der Waals surface area contributed by atoms with Crippen LogP contribution in [0.25, 0.3) is 22.8 Å². The number of oxazole rings is 1. The normalized spacial score (nSPS) is 23.5. The van der Waals surface area contributed by atoms with Crippen LogP contribution < -0.4 is 10.6 Å². The van der Waals surface area contributed by atoms with Gasteiger partial charge in [-0.15, -0.1) is 0 Å². The molecule has 4 aliphatic rings. The first-order valence-corrected chi connectivity index (χ1v) is 17.4. The maximum atomic E-state index is 12.8. The van der Waals surface area contributed by atoms with Crippen LogP contribution in [0.3, 0.4) is 0 Å². The Hall–Kier alpha value is -4.55. The van der Waals surface area contributed by atoms with E-state index in [4.69, 9.17) is 4.42 Å². The van der Waals surface area contributed by atoms with E-state index in [2.05, 4.69) is 15.6 Å².